The first-order valence-corrected chi connectivity index (χ1v) is 8.59. The van der Waals surface area contributed by atoms with Crippen LogP contribution in [0.5, 0.6) is 0 Å². The van der Waals surface area contributed by atoms with Crippen molar-refractivity contribution in [1.29, 1.82) is 0 Å². The molecule has 0 N–H and O–H groups in total. The van der Waals surface area contributed by atoms with Crippen molar-refractivity contribution < 1.29 is 0 Å². The molecule has 0 unspecified atom stereocenters. The number of anilines is 2. The summed E-state index contributed by atoms with van der Waals surface area (Å²) in [6.45, 7) is 5.28. The van der Waals surface area contributed by atoms with E-state index in [9.17, 15) is 0 Å². The lowest BCUT2D eigenvalue weighted by molar-refractivity contribution is 0.566. The van der Waals surface area contributed by atoms with E-state index in [1.54, 1.807) is 0 Å². The Balaban J connectivity index is 1.81. The molecule has 2 fully saturated rings. The number of hydrogen-bond donors (Lipinski definition) is 0. The third-order valence-corrected chi connectivity index (χ3v) is 4.39. The van der Waals surface area contributed by atoms with Crippen molar-refractivity contribution in [2.75, 3.05) is 29.4 Å². The molecule has 0 bridgehead atoms. The Morgan fingerprint density at radius 2 is 1.90 bits per heavy atom. The Hall–Kier alpha value is -1.10. The number of hydrogen-bond acceptors (Lipinski definition) is 5. The first-order valence-electron chi connectivity index (χ1n) is 8.21. The highest BCUT2D eigenvalue weighted by atomic mass is 35.5. The third-order valence-electron chi connectivity index (χ3n) is 4.22. The van der Waals surface area contributed by atoms with Gasteiger partial charge in [0.25, 0.3) is 0 Å². The molecule has 1 saturated heterocycles. The number of rotatable bonds is 6. The van der Waals surface area contributed by atoms with Crippen molar-refractivity contribution >= 4 is 23.5 Å². The average molecular weight is 310 g/mol. The number of unbranched alkanes of at least 4 members (excludes halogenated alkanes) is 1. The molecule has 1 aromatic heterocycles. The van der Waals surface area contributed by atoms with Crippen LogP contribution in [0.2, 0.25) is 5.28 Å². The van der Waals surface area contributed by atoms with Gasteiger partial charge in [-0.3, -0.25) is 0 Å². The quantitative estimate of drug-likeness (QED) is 0.807. The zero-order valence-electron chi connectivity index (χ0n) is 12.8. The van der Waals surface area contributed by atoms with Gasteiger partial charge in [0.2, 0.25) is 17.2 Å². The van der Waals surface area contributed by atoms with E-state index < -0.39 is 0 Å². The van der Waals surface area contributed by atoms with Crippen molar-refractivity contribution in [2.24, 2.45) is 0 Å². The first-order chi connectivity index (χ1) is 10.3. The van der Waals surface area contributed by atoms with Crippen LogP contribution >= 0.6 is 11.6 Å². The second-order valence-electron chi connectivity index (χ2n) is 6.03. The molecule has 6 heteroatoms. The largest absolute Gasteiger partial charge is 0.341 e. The summed E-state index contributed by atoms with van der Waals surface area (Å²) in [5.41, 5.74) is 0. The van der Waals surface area contributed by atoms with Gasteiger partial charge in [-0.15, -0.1) is 0 Å². The summed E-state index contributed by atoms with van der Waals surface area (Å²) in [7, 11) is 0. The average Bonchev–Trinajstić information content (AvgIpc) is 3.33. The summed E-state index contributed by atoms with van der Waals surface area (Å²) in [5, 5.41) is 0.322. The van der Waals surface area contributed by atoms with Crippen molar-refractivity contribution in [3.05, 3.63) is 5.28 Å². The molecule has 1 aliphatic carbocycles. The molecule has 3 rings (SSSR count). The van der Waals surface area contributed by atoms with Crippen LogP contribution in [0, 0.1) is 0 Å². The summed E-state index contributed by atoms with van der Waals surface area (Å²) in [5.74, 6) is 1.53. The molecular weight excluding hydrogens is 286 g/mol. The normalized spacial score (nSPS) is 18.9. The maximum Gasteiger partial charge on any atom is 0.231 e. The Labute approximate surface area is 131 Å². The van der Waals surface area contributed by atoms with E-state index in [0.717, 1.165) is 31.5 Å². The molecule has 0 atom stereocenters. The molecule has 5 nitrogen and oxygen atoms in total. The maximum atomic E-state index is 6.16. The Kier molecular flexibility index (Phi) is 4.78. The predicted octanol–water partition coefficient (Wildman–Crippen LogP) is 3.28. The van der Waals surface area contributed by atoms with E-state index in [-0.39, 0.29) is 0 Å². The van der Waals surface area contributed by atoms with Gasteiger partial charge in [-0.05, 0) is 50.1 Å². The van der Waals surface area contributed by atoms with E-state index in [1.807, 2.05) is 0 Å². The fourth-order valence-corrected chi connectivity index (χ4v) is 3.00. The van der Waals surface area contributed by atoms with E-state index >= 15 is 0 Å². The van der Waals surface area contributed by atoms with Crippen LogP contribution in [0.25, 0.3) is 0 Å². The van der Waals surface area contributed by atoms with Gasteiger partial charge in [0.15, 0.2) is 0 Å². The van der Waals surface area contributed by atoms with E-state index in [2.05, 4.69) is 26.7 Å². The van der Waals surface area contributed by atoms with Gasteiger partial charge in [0, 0.05) is 25.7 Å². The lowest BCUT2D eigenvalue weighted by Crippen LogP contribution is -2.33. The highest BCUT2D eigenvalue weighted by molar-refractivity contribution is 6.28. The van der Waals surface area contributed by atoms with Gasteiger partial charge in [0.1, 0.15) is 0 Å². The van der Waals surface area contributed by atoms with Crippen molar-refractivity contribution in [1.82, 2.24) is 15.0 Å². The zero-order chi connectivity index (χ0) is 14.7. The fourth-order valence-electron chi connectivity index (χ4n) is 2.85. The molecule has 0 radical (unpaired) electrons. The highest BCUT2D eigenvalue weighted by Crippen LogP contribution is 2.31. The van der Waals surface area contributed by atoms with Crippen molar-refractivity contribution in [3.63, 3.8) is 0 Å². The van der Waals surface area contributed by atoms with Crippen LogP contribution in [-0.2, 0) is 0 Å². The minimum Gasteiger partial charge on any atom is -0.341 e. The third kappa shape index (κ3) is 3.76. The van der Waals surface area contributed by atoms with Crippen LogP contribution in [0.15, 0.2) is 0 Å². The molecule has 0 aromatic carbocycles. The summed E-state index contributed by atoms with van der Waals surface area (Å²) < 4.78 is 0. The standard InChI is InChI=1S/C15H24ClN5/c1-2-3-11-21(12-7-8-12)15-18-13(16)17-14(19-15)20-9-5-4-6-10-20/h12H,2-11H2,1H3. The topological polar surface area (TPSA) is 45.2 Å². The van der Waals surface area contributed by atoms with Crippen molar-refractivity contribution in [3.8, 4) is 0 Å². The smallest absolute Gasteiger partial charge is 0.231 e. The Morgan fingerprint density at radius 3 is 2.57 bits per heavy atom. The van der Waals surface area contributed by atoms with Gasteiger partial charge >= 0.3 is 0 Å². The molecule has 2 heterocycles. The SMILES string of the molecule is CCCCN(c1nc(Cl)nc(N2CCCCC2)n1)C1CC1. The highest BCUT2D eigenvalue weighted by Gasteiger charge is 2.31. The predicted molar refractivity (Wildman–Crippen MR) is 86.2 cm³/mol. The second kappa shape index (κ2) is 6.77. The monoisotopic (exact) mass is 309 g/mol. The summed E-state index contributed by atoms with van der Waals surface area (Å²) in [6.07, 6.45) is 8.55. The summed E-state index contributed by atoms with van der Waals surface area (Å²) in [6, 6.07) is 0.601. The number of nitrogens with zero attached hydrogens (tertiary/aromatic N) is 5. The number of halogens is 1. The number of aromatic nitrogens is 3. The lowest BCUT2D eigenvalue weighted by atomic mass is 10.1. The second-order valence-corrected chi connectivity index (χ2v) is 6.37. The van der Waals surface area contributed by atoms with Gasteiger partial charge in [0.05, 0.1) is 0 Å². The van der Waals surface area contributed by atoms with Gasteiger partial charge in [-0.25, -0.2) is 0 Å². The summed E-state index contributed by atoms with van der Waals surface area (Å²) in [4.78, 5) is 18.0. The zero-order valence-corrected chi connectivity index (χ0v) is 13.5. The fraction of sp³-hybridized carbons (Fsp3) is 0.800. The van der Waals surface area contributed by atoms with Gasteiger partial charge in [-0.1, -0.05) is 13.3 Å². The van der Waals surface area contributed by atoms with Crippen LogP contribution in [-0.4, -0.2) is 40.6 Å². The van der Waals surface area contributed by atoms with Gasteiger partial charge in [-0.2, -0.15) is 15.0 Å². The lowest BCUT2D eigenvalue weighted by Gasteiger charge is -2.28. The Bertz CT molecular complexity index is 471. The van der Waals surface area contributed by atoms with Crippen molar-refractivity contribution in [2.45, 2.75) is 57.9 Å². The Morgan fingerprint density at radius 1 is 1.14 bits per heavy atom. The molecule has 1 saturated carbocycles. The molecule has 21 heavy (non-hydrogen) atoms. The number of piperidine rings is 1. The molecule has 116 valence electrons. The van der Waals surface area contributed by atoms with Crippen LogP contribution in [0.1, 0.15) is 51.9 Å². The minimum atomic E-state index is 0.322. The summed E-state index contributed by atoms with van der Waals surface area (Å²) >= 11 is 6.16. The van der Waals surface area contributed by atoms with E-state index in [4.69, 9.17) is 16.6 Å². The molecular formula is C15H24ClN5. The molecule has 1 aliphatic heterocycles. The minimum absolute atomic E-state index is 0.322. The van der Waals surface area contributed by atoms with Crippen LogP contribution < -0.4 is 9.80 Å². The van der Waals surface area contributed by atoms with Gasteiger partial charge < -0.3 is 9.80 Å². The molecule has 0 spiro atoms. The molecule has 0 amide bonds. The molecule has 1 aromatic rings. The van der Waals surface area contributed by atoms with Crippen LogP contribution in [0.4, 0.5) is 11.9 Å². The first kappa shape index (κ1) is 14.8. The molecule has 2 aliphatic rings. The van der Waals surface area contributed by atoms with E-state index in [1.165, 1.54) is 44.9 Å². The van der Waals surface area contributed by atoms with Crippen LogP contribution in [0.3, 0.4) is 0 Å². The van der Waals surface area contributed by atoms with E-state index in [0.29, 0.717) is 11.3 Å². The maximum absolute atomic E-state index is 6.16.